The quantitative estimate of drug-likeness (QED) is 0.160. The van der Waals surface area contributed by atoms with Gasteiger partial charge in [0.25, 0.3) is 0 Å². The number of para-hydroxylation sites is 4. The molecule has 0 atom stereocenters. The maximum atomic E-state index is 6.31. The Hall–Kier alpha value is -7.56. The molecule has 56 heavy (non-hydrogen) atoms. The summed E-state index contributed by atoms with van der Waals surface area (Å²) in [6.45, 7) is 0. The van der Waals surface area contributed by atoms with Gasteiger partial charge >= 0.3 is 0 Å². The first-order valence-corrected chi connectivity index (χ1v) is 19.0. The SMILES string of the molecule is c1ccc(N(c2ccc3oc4ccccc4c3c2)c2cc(N(c3ccccc3)c3ccc4oc5ccccc5c4c3)c3ccc4cccc5ccc2c3c54)cc1. The minimum atomic E-state index is 0.872. The van der Waals surface area contributed by atoms with Crippen LogP contribution in [0.15, 0.2) is 203 Å². The van der Waals surface area contributed by atoms with Gasteiger partial charge in [0.05, 0.1) is 11.4 Å². The minimum Gasteiger partial charge on any atom is -0.456 e. The number of hydrogen-bond donors (Lipinski definition) is 0. The van der Waals surface area contributed by atoms with Crippen LogP contribution in [0.25, 0.3) is 76.2 Å². The van der Waals surface area contributed by atoms with Crippen LogP contribution in [0, 0.1) is 0 Å². The second-order valence-electron chi connectivity index (χ2n) is 14.5. The number of furan rings is 2. The van der Waals surface area contributed by atoms with Crippen LogP contribution in [0.4, 0.5) is 34.1 Å². The predicted molar refractivity (Wildman–Crippen MR) is 234 cm³/mol. The number of fused-ring (bicyclic) bond motifs is 6. The molecule has 12 rings (SSSR count). The van der Waals surface area contributed by atoms with Crippen molar-refractivity contribution < 1.29 is 8.83 Å². The zero-order chi connectivity index (χ0) is 36.7. The van der Waals surface area contributed by atoms with Crippen LogP contribution in [0.1, 0.15) is 0 Å². The van der Waals surface area contributed by atoms with E-state index in [9.17, 15) is 0 Å². The second-order valence-corrected chi connectivity index (χ2v) is 14.5. The summed E-state index contributed by atoms with van der Waals surface area (Å²) in [7, 11) is 0. The van der Waals surface area contributed by atoms with E-state index in [0.29, 0.717) is 0 Å². The van der Waals surface area contributed by atoms with Crippen molar-refractivity contribution in [3.8, 4) is 0 Å². The van der Waals surface area contributed by atoms with E-state index in [2.05, 4.69) is 180 Å². The third-order valence-electron chi connectivity index (χ3n) is 11.3. The molecule has 0 spiro atoms. The molecule has 2 aromatic heterocycles. The zero-order valence-electron chi connectivity index (χ0n) is 30.2. The van der Waals surface area contributed by atoms with Crippen LogP contribution in [-0.4, -0.2) is 0 Å². The molecule has 262 valence electrons. The van der Waals surface area contributed by atoms with E-state index in [-0.39, 0.29) is 0 Å². The highest BCUT2D eigenvalue weighted by atomic mass is 16.3. The Morgan fingerprint density at radius 2 is 0.714 bits per heavy atom. The molecule has 0 N–H and O–H groups in total. The highest BCUT2D eigenvalue weighted by Gasteiger charge is 2.25. The summed E-state index contributed by atoms with van der Waals surface area (Å²) >= 11 is 0. The molecule has 0 saturated heterocycles. The molecule has 4 nitrogen and oxygen atoms in total. The van der Waals surface area contributed by atoms with Crippen LogP contribution in [0.2, 0.25) is 0 Å². The van der Waals surface area contributed by atoms with Gasteiger partial charge in [0, 0.05) is 60.5 Å². The van der Waals surface area contributed by atoms with Crippen LogP contribution in [-0.2, 0) is 0 Å². The van der Waals surface area contributed by atoms with Gasteiger partial charge in [-0.1, -0.05) is 115 Å². The second kappa shape index (κ2) is 12.0. The van der Waals surface area contributed by atoms with Crippen molar-refractivity contribution in [1.82, 2.24) is 0 Å². The van der Waals surface area contributed by atoms with E-state index in [1.807, 2.05) is 24.3 Å². The van der Waals surface area contributed by atoms with Crippen molar-refractivity contribution in [1.29, 1.82) is 0 Å². The van der Waals surface area contributed by atoms with Crippen LogP contribution >= 0.6 is 0 Å². The van der Waals surface area contributed by atoms with Gasteiger partial charge < -0.3 is 18.6 Å². The Balaban J connectivity index is 1.20. The number of anilines is 6. The van der Waals surface area contributed by atoms with Gasteiger partial charge in [-0.15, -0.1) is 0 Å². The van der Waals surface area contributed by atoms with Gasteiger partial charge in [-0.2, -0.15) is 0 Å². The molecule has 0 saturated carbocycles. The molecule has 0 unspecified atom stereocenters. The molecular formula is C52H32N2O2. The van der Waals surface area contributed by atoms with Crippen LogP contribution < -0.4 is 9.80 Å². The lowest BCUT2D eigenvalue weighted by Gasteiger charge is -2.32. The van der Waals surface area contributed by atoms with E-state index < -0.39 is 0 Å². The molecule has 0 aliphatic heterocycles. The summed E-state index contributed by atoms with van der Waals surface area (Å²) in [6, 6.07) is 69.3. The van der Waals surface area contributed by atoms with Crippen molar-refractivity contribution >= 4 is 110 Å². The van der Waals surface area contributed by atoms with Crippen LogP contribution in [0.3, 0.4) is 0 Å². The summed E-state index contributed by atoms with van der Waals surface area (Å²) in [5, 5.41) is 11.7. The van der Waals surface area contributed by atoms with E-state index in [0.717, 1.165) is 78.0 Å². The summed E-state index contributed by atoms with van der Waals surface area (Å²) in [5.74, 6) is 0. The van der Waals surface area contributed by atoms with Crippen molar-refractivity contribution in [2.24, 2.45) is 0 Å². The molecular weight excluding hydrogens is 685 g/mol. The predicted octanol–water partition coefficient (Wildman–Crippen LogP) is 15.3. The molecule has 0 aliphatic carbocycles. The standard InChI is InChI=1S/C52H32N2O2/c1-3-14-35(15-4-1)53(37-24-28-49-43(30-37)39-18-7-9-20-47(39)55-49)45-32-46(42-27-23-34-13-11-12-33-22-26-41(45)52(42)51(33)34)54(36-16-5-2-6-17-36)38-25-29-50-44(31-38)40-19-8-10-21-48(40)56-50/h1-32H. The minimum absolute atomic E-state index is 0.872. The monoisotopic (exact) mass is 716 g/mol. The van der Waals surface area contributed by atoms with E-state index in [1.54, 1.807) is 0 Å². The topological polar surface area (TPSA) is 32.8 Å². The summed E-state index contributed by atoms with van der Waals surface area (Å²) < 4.78 is 12.6. The average molecular weight is 717 g/mol. The maximum Gasteiger partial charge on any atom is 0.135 e. The van der Waals surface area contributed by atoms with Gasteiger partial charge in [-0.05, 0) is 95.0 Å². The van der Waals surface area contributed by atoms with Gasteiger partial charge in [0.2, 0.25) is 0 Å². The fourth-order valence-corrected chi connectivity index (χ4v) is 8.88. The number of nitrogens with zero attached hydrogens (tertiary/aromatic N) is 2. The first-order chi connectivity index (χ1) is 27.8. The molecule has 0 aliphatic rings. The highest BCUT2D eigenvalue weighted by molar-refractivity contribution is 6.29. The molecule has 10 aromatic carbocycles. The summed E-state index contributed by atoms with van der Waals surface area (Å²) in [4.78, 5) is 4.82. The smallest absolute Gasteiger partial charge is 0.135 e. The van der Waals surface area contributed by atoms with E-state index in [1.165, 1.54) is 32.3 Å². The molecule has 2 heterocycles. The Morgan fingerprint density at radius 1 is 0.268 bits per heavy atom. The lowest BCUT2D eigenvalue weighted by atomic mass is 9.91. The highest BCUT2D eigenvalue weighted by Crippen LogP contribution is 2.51. The fourth-order valence-electron chi connectivity index (χ4n) is 8.88. The lowest BCUT2D eigenvalue weighted by Crippen LogP contribution is -2.14. The summed E-state index contributed by atoms with van der Waals surface area (Å²) in [5.41, 5.74) is 9.92. The molecule has 0 amide bonds. The third kappa shape index (κ3) is 4.60. The van der Waals surface area contributed by atoms with Gasteiger partial charge in [-0.25, -0.2) is 0 Å². The molecule has 0 fully saturated rings. The molecule has 0 bridgehead atoms. The number of rotatable bonds is 6. The zero-order valence-corrected chi connectivity index (χ0v) is 30.2. The number of benzene rings is 10. The Morgan fingerprint density at radius 3 is 1.21 bits per heavy atom. The maximum absolute atomic E-state index is 6.31. The van der Waals surface area contributed by atoms with E-state index >= 15 is 0 Å². The average Bonchev–Trinajstić information content (AvgIpc) is 3.82. The lowest BCUT2D eigenvalue weighted by molar-refractivity contribution is 0.668. The number of hydrogen-bond acceptors (Lipinski definition) is 4. The van der Waals surface area contributed by atoms with Crippen molar-refractivity contribution in [3.05, 3.63) is 194 Å². The van der Waals surface area contributed by atoms with Gasteiger partial charge in [0.1, 0.15) is 22.3 Å². The molecule has 0 radical (unpaired) electrons. The Bertz CT molecular complexity index is 3210. The van der Waals surface area contributed by atoms with Gasteiger partial charge in [0.15, 0.2) is 0 Å². The third-order valence-corrected chi connectivity index (χ3v) is 11.3. The molecule has 12 aromatic rings. The first-order valence-electron chi connectivity index (χ1n) is 19.0. The summed E-state index contributed by atoms with van der Waals surface area (Å²) in [6.07, 6.45) is 0. The van der Waals surface area contributed by atoms with Crippen LogP contribution in [0.5, 0.6) is 0 Å². The van der Waals surface area contributed by atoms with Crippen molar-refractivity contribution in [2.45, 2.75) is 0 Å². The van der Waals surface area contributed by atoms with Crippen molar-refractivity contribution in [2.75, 3.05) is 9.80 Å². The fraction of sp³-hybridized carbons (Fsp3) is 0. The molecule has 4 heteroatoms. The van der Waals surface area contributed by atoms with Crippen molar-refractivity contribution in [3.63, 3.8) is 0 Å². The van der Waals surface area contributed by atoms with E-state index in [4.69, 9.17) is 8.83 Å². The first kappa shape index (κ1) is 30.9. The van der Waals surface area contributed by atoms with Gasteiger partial charge in [-0.3, -0.25) is 0 Å². The Labute approximate surface area is 322 Å². The largest absolute Gasteiger partial charge is 0.456 e. The normalized spacial score (nSPS) is 11.9. The Kier molecular flexibility index (Phi) is 6.60.